The van der Waals surface area contributed by atoms with Crippen LogP contribution in [0.2, 0.25) is 0 Å². The van der Waals surface area contributed by atoms with E-state index in [4.69, 9.17) is 5.26 Å². The molecule has 3 unspecified atom stereocenters. The Morgan fingerprint density at radius 2 is 1.94 bits per heavy atom. The predicted molar refractivity (Wildman–Crippen MR) is 68.1 cm³/mol. The van der Waals surface area contributed by atoms with E-state index < -0.39 is 5.92 Å². The van der Waals surface area contributed by atoms with E-state index in [9.17, 15) is 4.79 Å². The van der Waals surface area contributed by atoms with Gasteiger partial charge in [-0.05, 0) is 37.5 Å². The van der Waals surface area contributed by atoms with Gasteiger partial charge in [0, 0.05) is 6.04 Å². The van der Waals surface area contributed by atoms with Gasteiger partial charge in [0.2, 0.25) is 5.91 Å². The van der Waals surface area contributed by atoms with Crippen LogP contribution in [0.3, 0.4) is 0 Å². The van der Waals surface area contributed by atoms with Gasteiger partial charge in [-0.2, -0.15) is 5.26 Å². The van der Waals surface area contributed by atoms with E-state index in [2.05, 4.69) is 25.2 Å². The fraction of sp³-hybridized carbons (Fsp3) is 0.857. The van der Waals surface area contributed by atoms with Gasteiger partial charge in [-0.3, -0.25) is 4.79 Å². The normalized spacial score (nSPS) is 30.4. The lowest BCUT2D eigenvalue weighted by atomic mass is 9.80. The molecule has 0 saturated heterocycles. The van der Waals surface area contributed by atoms with Crippen molar-refractivity contribution in [3.63, 3.8) is 0 Å². The second kappa shape index (κ2) is 6.64. The van der Waals surface area contributed by atoms with Gasteiger partial charge in [-0.15, -0.1) is 0 Å². The Balaban J connectivity index is 2.47. The quantitative estimate of drug-likeness (QED) is 0.816. The highest BCUT2D eigenvalue weighted by molar-refractivity contribution is 5.81. The molecule has 0 aromatic rings. The number of hydrogen-bond donors (Lipinski definition) is 1. The summed E-state index contributed by atoms with van der Waals surface area (Å²) in [7, 11) is 0. The first-order chi connectivity index (χ1) is 8.06. The molecule has 3 atom stereocenters. The van der Waals surface area contributed by atoms with Crippen LogP contribution in [0.25, 0.3) is 0 Å². The monoisotopic (exact) mass is 236 g/mol. The number of rotatable bonds is 4. The molecular weight excluding hydrogens is 212 g/mol. The minimum absolute atomic E-state index is 0.0688. The number of nitriles is 1. The molecule has 1 N–H and O–H groups in total. The van der Waals surface area contributed by atoms with E-state index in [1.165, 1.54) is 6.42 Å². The van der Waals surface area contributed by atoms with Gasteiger partial charge in [0.1, 0.15) is 5.92 Å². The first kappa shape index (κ1) is 14.0. The third kappa shape index (κ3) is 4.38. The Morgan fingerprint density at radius 3 is 2.41 bits per heavy atom. The number of hydrogen-bond acceptors (Lipinski definition) is 2. The predicted octanol–water partition coefficient (Wildman–Crippen LogP) is 2.87. The molecule has 1 amide bonds. The van der Waals surface area contributed by atoms with Gasteiger partial charge in [-0.25, -0.2) is 0 Å². The SMILES string of the molecule is CCCC(C#N)C(=O)NC1CC(C)CC(C)C1. The van der Waals surface area contributed by atoms with Crippen molar-refractivity contribution in [3.05, 3.63) is 0 Å². The summed E-state index contributed by atoms with van der Waals surface area (Å²) in [5.74, 6) is 0.819. The fourth-order valence-electron chi connectivity index (χ4n) is 2.91. The van der Waals surface area contributed by atoms with Crippen LogP contribution in [0.15, 0.2) is 0 Å². The molecule has 0 aromatic heterocycles. The van der Waals surface area contributed by atoms with E-state index in [0.717, 1.165) is 19.3 Å². The van der Waals surface area contributed by atoms with Crippen LogP contribution >= 0.6 is 0 Å². The first-order valence-electron chi connectivity index (χ1n) is 6.76. The Hall–Kier alpha value is -1.04. The van der Waals surface area contributed by atoms with Crippen molar-refractivity contribution >= 4 is 5.91 Å². The van der Waals surface area contributed by atoms with Crippen molar-refractivity contribution in [2.75, 3.05) is 0 Å². The van der Waals surface area contributed by atoms with Crippen LogP contribution in [0.1, 0.15) is 52.9 Å². The summed E-state index contributed by atoms with van der Waals surface area (Å²) in [6.07, 6.45) is 4.91. The van der Waals surface area contributed by atoms with Gasteiger partial charge in [0.05, 0.1) is 6.07 Å². The fourth-order valence-corrected chi connectivity index (χ4v) is 2.91. The minimum atomic E-state index is -0.465. The molecule has 0 radical (unpaired) electrons. The van der Waals surface area contributed by atoms with E-state index in [1.54, 1.807) is 0 Å². The van der Waals surface area contributed by atoms with E-state index >= 15 is 0 Å². The highest BCUT2D eigenvalue weighted by atomic mass is 16.1. The molecule has 96 valence electrons. The Bertz CT molecular complexity index is 285. The Morgan fingerprint density at radius 1 is 1.35 bits per heavy atom. The number of amides is 1. The zero-order chi connectivity index (χ0) is 12.8. The molecule has 0 heterocycles. The maximum absolute atomic E-state index is 11.9. The summed E-state index contributed by atoms with van der Waals surface area (Å²) < 4.78 is 0. The summed E-state index contributed by atoms with van der Waals surface area (Å²) in [4.78, 5) is 11.9. The molecule has 3 nitrogen and oxygen atoms in total. The molecular formula is C14H24N2O. The Labute approximate surface area is 105 Å². The number of nitrogens with one attached hydrogen (secondary N) is 1. The zero-order valence-electron chi connectivity index (χ0n) is 11.2. The van der Waals surface area contributed by atoms with Crippen molar-refractivity contribution in [2.24, 2.45) is 17.8 Å². The maximum atomic E-state index is 11.9. The van der Waals surface area contributed by atoms with Crippen molar-refractivity contribution in [3.8, 4) is 6.07 Å². The highest BCUT2D eigenvalue weighted by Crippen LogP contribution is 2.28. The van der Waals surface area contributed by atoms with Crippen LogP contribution < -0.4 is 5.32 Å². The molecule has 3 heteroatoms. The first-order valence-corrected chi connectivity index (χ1v) is 6.76. The summed E-state index contributed by atoms with van der Waals surface area (Å²) in [6.45, 7) is 6.48. The lowest BCUT2D eigenvalue weighted by Crippen LogP contribution is -2.42. The van der Waals surface area contributed by atoms with Gasteiger partial charge in [0.15, 0.2) is 0 Å². The zero-order valence-corrected chi connectivity index (χ0v) is 11.2. The van der Waals surface area contributed by atoms with Gasteiger partial charge in [0.25, 0.3) is 0 Å². The highest BCUT2D eigenvalue weighted by Gasteiger charge is 2.27. The molecule has 0 aromatic carbocycles. The average Bonchev–Trinajstić information content (AvgIpc) is 2.24. The summed E-state index contributed by atoms with van der Waals surface area (Å²) in [5.41, 5.74) is 0. The molecule has 1 saturated carbocycles. The summed E-state index contributed by atoms with van der Waals surface area (Å²) in [6, 6.07) is 2.37. The number of carbonyl (C=O) groups excluding carboxylic acids is 1. The van der Waals surface area contributed by atoms with Crippen molar-refractivity contribution in [1.29, 1.82) is 5.26 Å². The largest absolute Gasteiger partial charge is 0.352 e. The van der Waals surface area contributed by atoms with E-state index in [-0.39, 0.29) is 11.9 Å². The number of nitrogens with zero attached hydrogens (tertiary/aromatic N) is 1. The lowest BCUT2D eigenvalue weighted by Gasteiger charge is -2.32. The second-order valence-corrected chi connectivity index (χ2v) is 5.59. The topological polar surface area (TPSA) is 52.9 Å². The van der Waals surface area contributed by atoms with Crippen LogP contribution in [-0.4, -0.2) is 11.9 Å². The molecule has 17 heavy (non-hydrogen) atoms. The smallest absolute Gasteiger partial charge is 0.237 e. The summed E-state index contributed by atoms with van der Waals surface area (Å²) in [5, 5.41) is 12.0. The third-order valence-corrected chi connectivity index (χ3v) is 3.57. The van der Waals surface area contributed by atoms with Crippen LogP contribution in [0.5, 0.6) is 0 Å². The van der Waals surface area contributed by atoms with Gasteiger partial charge in [-0.1, -0.05) is 27.2 Å². The minimum Gasteiger partial charge on any atom is -0.352 e. The Kier molecular flexibility index (Phi) is 5.47. The average molecular weight is 236 g/mol. The molecule has 1 aliphatic rings. The second-order valence-electron chi connectivity index (χ2n) is 5.59. The maximum Gasteiger partial charge on any atom is 0.237 e. The standard InChI is InChI=1S/C14H24N2O/c1-4-5-12(9-15)14(17)16-13-7-10(2)6-11(3)8-13/h10-13H,4-8H2,1-3H3,(H,16,17). The molecule has 1 fully saturated rings. The van der Waals surface area contributed by atoms with Crippen molar-refractivity contribution < 1.29 is 4.79 Å². The van der Waals surface area contributed by atoms with E-state index in [0.29, 0.717) is 18.3 Å². The van der Waals surface area contributed by atoms with Crippen LogP contribution in [0.4, 0.5) is 0 Å². The van der Waals surface area contributed by atoms with Crippen LogP contribution in [0, 0.1) is 29.1 Å². The molecule has 1 rings (SSSR count). The molecule has 0 aliphatic heterocycles. The van der Waals surface area contributed by atoms with Gasteiger partial charge < -0.3 is 5.32 Å². The number of carbonyl (C=O) groups is 1. The third-order valence-electron chi connectivity index (χ3n) is 3.57. The van der Waals surface area contributed by atoms with Gasteiger partial charge >= 0.3 is 0 Å². The van der Waals surface area contributed by atoms with E-state index in [1.807, 2.05) is 6.92 Å². The molecule has 1 aliphatic carbocycles. The van der Waals surface area contributed by atoms with Crippen molar-refractivity contribution in [1.82, 2.24) is 5.32 Å². The molecule has 0 spiro atoms. The van der Waals surface area contributed by atoms with Crippen molar-refractivity contribution in [2.45, 2.75) is 58.9 Å². The summed E-state index contributed by atoms with van der Waals surface area (Å²) >= 11 is 0. The molecule has 0 bridgehead atoms. The lowest BCUT2D eigenvalue weighted by molar-refractivity contribution is -0.124. The van der Waals surface area contributed by atoms with Crippen LogP contribution in [-0.2, 0) is 4.79 Å².